The van der Waals surface area contributed by atoms with Crippen LogP contribution in [0.2, 0.25) is 0 Å². The quantitative estimate of drug-likeness (QED) is 0.802. The van der Waals surface area contributed by atoms with Gasteiger partial charge in [0.25, 0.3) is 11.8 Å². The van der Waals surface area contributed by atoms with E-state index >= 15 is 0 Å². The molecule has 2 heterocycles. The van der Waals surface area contributed by atoms with Crippen molar-refractivity contribution >= 4 is 17.8 Å². The molecule has 0 fully saturated rings. The minimum atomic E-state index is -0.843. The third-order valence-corrected chi connectivity index (χ3v) is 3.23. The molecule has 0 spiro atoms. The van der Waals surface area contributed by atoms with Gasteiger partial charge >= 0.3 is 5.97 Å². The standard InChI is InChI=1S/C15H13N3O4/c1-2-8-17-9-7-12(16-17)15(21)22-18-13(19)10-5-3-4-6-11(10)14(18)20/h3-7,9H,2,8H2,1H3. The Kier molecular flexibility index (Phi) is 3.46. The molecule has 7 heteroatoms. The van der Waals surface area contributed by atoms with Crippen molar-refractivity contribution in [3.63, 3.8) is 0 Å². The SMILES string of the molecule is CCCn1ccc(C(=O)ON2C(=O)c3ccccc3C2=O)n1. The molecule has 22 heavy (non-hydrogen) atoms. The summed E-state index contributed by atoms with van der Waals surface area (Å²) >= 11 is 0. The van der Waals surface area contributed by atoms with Gasteiger partial charge in [0.1, 0.15) is 0 Å². The first-order valence-corrected chi connectivity index (χ1v) is 6.85. The summed E-state index contributed by atoms with van der Waals surface area (Å²) in [7, 11) is 0. The Hall–Kier alpha value is -2.96. The fraction of sp³-hybridized carbons (Fsp3) is 0.200. The Bertz CT molecular complexity index is 731. The molecule has 1 aliphatic heterocycles. The molecule has 7 nitrogen and oxygen atoms in total. The largest absolute Gasteiger partial charge is 0.384 e. The molecular formula is C15H13N3O4. The van der Waals surface area contributed by atoms with Gasteiger partial charge in [-0.2, -0.15) is 5.10 Å². The Morgan fingerprint density at radius 3 is 2.36 bits per heavy atom. The van der Waals surface area contributed by atoms with Crippen molar-refractivity contribution in [1.29, 1.82) is 0 Å². The number of amides is 2. The maximum Gasteiger partial charge on any atom is 0.384 e. The van der Waals surface area contributed by atoms with E-state index in [4.69, 9.17) is 4.84 Å². The van der Waals surface area contributed by atoms with E-state index in [-0.39, 0.29) is 16.8 Å². The van der Waals surface area contributed by atoms with Crippen molar-refractivity contribution in [3.05, 3.63) is 53.3 Å². The Morgan fingerprint density at radius 1 is 1.14 bits per heavy atom. The average Bonchev–Trinajstić information content (AvgIpc) is 3.08. The molecule has 0 saturated carbocycles. The number of aryl methyl sites for hydroxylation is 1. The summed E-state index contributed by atoms with van der Waals surface area (Å²) in [5, 5.41) is 4.51. The van der Waals surface area contributed by atoms with Crippen molar-refractivity contribution in [2.45, 2.75) is 19.9 Å². The molecule has 0 N–H and O–H groups in total. The summed E-state index contributed by atoms with van der Waals surface area (Å²) in [4.78, 5) is 41.1. The van der Waals surface area contributed by atoms with Gasteiger partial charge in [-0.05, 0) is 24.6 Å². The molecule has 1 aliphatic rings. The van der Waals surface area contributed by atoms with Crippen LogP contribution < -0.4 is 0 Å². The highest BCUT2D eigenvalue weighted by molar-refractivity contribution is 6.21. The van der Waals surface area contributed by atoms with Crippen LogP contribution in [0, 0.1) is 0 Å². The first-order valence-electron chi connectivity index (χ1n) is 6.85. The molecule has 0 aliphatic carbocycles. The summed E-state index contributed by atoms with van der Waals surface area (Å²) in [6.07, 6.45) is 2.51. The topological polar surface area (TPSA) is 81.5 Å². The molecule has 2 aromatic rings. The molecule has 1 aromatic heterocycles. The number of nitrogens with zero attached hydrogens (tertiary/aromatic N) is 3. The number of benzene rings is 1. The van der Waals surface area contributed by atoms with E-state index in [0.29, 0.717) is 11.6 Å². The van der Waals surface area contributed by atoms with Gasteiger partial charge in [0.2, 0.25) is 0 Å². The molecule has 0 bridgehead atoms. The van der Waals surface area contributed by atoms with Gasteiger partial charge in [-0.15, -0.1) is 0 Å². The van der Waals surface area contributed by atoms with Gasteiger partial charge in [0, 0.05) is 12.7 Å². The average molecular weight is 299 g/mol. The number of imide groups is 1. The zero-order chi connectivity index (χ0) is 15.7. The van der Waals surface area contributed by atoms with E-state index < -0.39 is 17.8 Å². The smallest absolute Gasteiger partial charge is 0.322 e. The van der Waals surface area contributed by atoms with Gasteiger partial charge in [0.05, 0.1) is 11.1 Å². The molecule has 0 atom stereocenters. The maximum atomic E-state index is 12.1. The molecule has 0 saturated heterocycles. The summed E-state index contributed by atoms with van der Waals surface area (Å²) < 4.78 is 1.60. The third-order valence-electron chi connectivity index (χ3n) is 3.23. The number of rotatable bonds is 4. The molecular weight excluding hydrogens is 286 g/mol. The molecule has 1 aromatic carbocycles. The zero-order valence-electron chi connectivity index (χ0n) is 11.9. The van der Waals surface area contributed by atoms with E-state index in [1.807, 2.05) is 6.92 Å². The van der Waals surface area contributed by atoms with E-state index in [2.05, 4.69) is 5.10 Å². The highest BCUT2D eigenvalue weighted by Crippen LogP contribution is 2.23. The van der Waals surface area contributed by atoms with Crippen LogP contribution in [0.5, 0.6) is 0 Å². The number of fused-ring (bicyclic) bond motifs is 1. The molecule has 112 valence electrons. The van der Waals surface area contributed by atoms with Gasteiger partial charge in [0.15, 0.2) is 5.69 Å². The van der Waals surface area contributed by atoms with Crippen molar-refractivity contribution < 1.29 is 19.2 Å². The van der Waals surface area contributed by atoms with Crippen molar-refractivity contribution in [1.82, 2.24) is 14.8 Å². The second-order valence-corrected chi connectivity index (χ2v) is 4.79. The molecule has 0 unspecified atom stereocenters. The second-order valence-electron chi connectivity index (χ2n) is 4.79. The Balaban J connectivity index is 1.77. The van der Waals surface area contributed by atoms with Crippen LogP contribution in [-0.4, -0.2) is 32.6 Å². The fourth-order valence-corrected chi connectivity index (χ4v) is 2.20. The van der Waals surface area contributed by atoms with Crippen molar-refractivity contribution in [2.24, 2.45) is 0 Å². The van der Waals surface area contributed by atoms with Crippen LogP contribution in [0.4, 0.5) is 0 Å². The van der Waals surface area contributed by atoms with Crippen LogP contribution in [0.15, 0.2) is 36.5 Å². The van der Waals surface area contributed by atoms with Crippen LogP contribution in [0.25, 0.3) is 0 Å². The summed E-state index contributed by atoms with van der Waals surface area (Å²) in [6.45, 7) is 2.65. The number of carbonyl (C=O) groups is 3. The van der Waals surface area contributed by atoms with Crippen LogP contribution in [0.3, 0.4) is 0 Å². The maximum absolute atomic E-state index is 12.1. The van der Waals surface area contributed by atoms with Crippen LogP contribution in [-0.2, 0) is 11.4 Å². The lowest BCUT2D eigenvalue weighted by Gasteiger charge is -2.11. The first kappa shape index (κ1) is 14.0. The van der Waals surface area contributed by atoms with Gasteiger partial charge in [-0.25, -0.2) is 4.79 Å². The van der Waals surface area contributed by atoms with Crippen LogP contribution >= 0.6 is 0 Å². The Morgan fingerprint density at radius 2 is 1.77 bits per heavy atom. The lowest BCUT2D eigenvalue weighted by Crippen LogP contribution is -2.32. The summed E-state index contributed by atoms with van der Waals surface area (Å²) in [6, 6.07) is 7.79. The lowest BCUT2D eigenvalue weighted by atomic mass is 10.1. The second kappa shape index (κ2) is 5.44. The molecule has 2 amide bonds. The minimum Gasteiger partial charge on any atom is -0.322 e. The predicted molar refractivity (Wildman–Crippen MR) is 74.9 cm³/mol. The van der Waals surface area contributed by atoms with E-state index in [9.17, 15) is 14.4 Å². The fourth-order valence-electron chi connectivity index (χ4n) is 2.20. The number of carbonyl (C=O) groups excluding carboxylic acids is 3. The molecule has 3 rings (SSSR count). The summed E-state index contributed by atoms with van der Waals surface area (Å²) in [5.41, 5.74) is 0.485. The number of hydrogen-bond acceptors (Lipinski definition) is 5. The zero-order valence-corrected chi connectivity index (χ0v) is 11.9. The minimum absolute atomic E-state index is 0.0463. The lowest BCUT2D eigenvalue weighted by molar-refractivity contribution is -0.0589. The first-order chi connectivity index (χ1) is 10.6. The monoisotopic (exact) mass is 299 g/mol. The van der Waals surface area contributed by atoms with E-state index in [1.165, 1.54) is 18.2 Å². The van der Waals surface area contributed by atoms with E-state index in [0.717, 1.165) is 6.42 Å². The van der Waals surface area contributed by atoms with Gasteiger partial charge < -0.3 is 4.84 Å². The Labute approximate surface area is 126 Å². The normalized spacial score (nSPS) is 13.4. The van der Waals surface area contributed by atoms with Crippen molar-refractivity contribution in [3.8, 4) is 0 Å². The third kappa shape index (κ3) is 2.26. The summed E-state index contributed by atoms with van der Waals surface area (Å²) in [5.74, 6) is -2.15. The molecule has 0 radical (unpaired) electrons. The predicted octanol–water partition coefficient (Wildman–Crippen LogP) is 1.66. The van der Waals surface area contributed by atoms with E-state index in [1.54, 1.807) is 23.0 Å². The van der Waals surface area contributed by atoms with Gasteiger partial charge in [-0.3, -0.25) is 14.3 Å². The number of hydrogen-bond donors (Lipinski definition) is 0. The number of hydroxylamine groups is 2. The van der Waals surface area contributed by atoms with Crippen molar-refractivity contribution in [2.75, 3.05) is 0 Å². The van der Waals surface area contributed by atoms with Crippen LogP contribution in [0.1, 0.15) is 44.5 Å². The highest BCUT2D eigenvalue weighted by Gasteiger charge is 2.39. The number of aromatic nitrogens is 2. The highest BCUT2D eigenvalue weighted by atomic mass is 16.7. The van der Waals surface area contributed by atoms with Gasteiger partial charge in [-0.1, -0.05) is 24.1 Å².